The number of carbonyl (C=O) groups is 1. The van der Waals surface area contributed by atoms with Crippen molar-refractivity contribution in [2.45, 2.75) is 6.54 Å². The van der Waals surface area contributed by atoms with Gasteiger partial charge < -0.3 is 5.32 Å². The van der Waals surface area contributed by atoms with E-state index in [4.69, 9.17) is 0 Å². The van der Waals surface area contributed by atoms with Gasteiger partial charge in [0.25, 0.3) is 0 Å². The number of pyridine rings is 1. The Morgan fingerprint density at radius 2 is 2.24 bits per heavy atom. The molecule has 4 aromatic heterocycles. The fourth-order valence-electron chi connectivity index (χ4n) is 2.38. The van der Waals surface area contributed by atoms with Crippen LogP contribution in [-0.4, -0.2) is 34.9 Å². The molecule has 0 radical (unpaired) electrons. The maximum absolute atomic E-state index is 12.2. The van der Waals surface area contributed by atoms with Crippen molar-refractivity contribution in [2.24, 2.45) is 7.05 Å². The summed E-state index contributed by atoms with van der Waals surface area (Å²) >= 11 is 1.31. The molecule has 0 spiro atoms. The Bertz CT molecular complexity index is 1120. The lowest BCUT2D eigenvalue weighted by Crippen LogP contribution is -2.28. The monoisotopic (exact) mass is 355 g/mol. The van der Waals surface area contributed by atoms with Gasteiger partial charge in [-0.15, -0.1) is 16.4 Å². The number of nitrogens with zero attached hydrogens (tertiary/aromatic N) is 6. The fraction of sp³-hybridized carbons (Fsp3) is 0.133. The summed E-state index contributed by atoms with van der Waals surface area (Å²) < 4.78 is 4.19. The summed E-state index contributed by atoms with van der Waals surface area (Å²) in [6, 6.07) is 5.22. The summed E-state index contributed by atoms with van der Waals surface area (Å²) in [7, 11) is 1.82. The van der Waals surface area contributed by atoms with Crippen LogP contribution in [0.3, 0.4) is 0 Å². The van der Waals surface area contributed by atoms with E-state index in [0.717, 1.165) is 15.9 Å². The molecule has 1 N–H and O–H groups in total. The van der Waals surface area contributed by atoms with Crippen molar-refractivity contribution in [3.63, 3.8) is 0 Å². The van der Waals surface area contributed by atoms with Crippen molar-refractivity contribution < 1.29 is 4.79 Å². The molecule has 0 atom stereocenters. The third-order valence-corrected chi connectivity index (χ3v) is 4.29. The van der Waals surface area contributed by atoms with Crippen LogP contribution >= 0.6 is 11.3 Å². The first-order valence-corrected chi connectivity index (χ1v) is 8.27. The number of carbonyl (C=O) groups excluding carboxylic acids is 1. The second-order valence-corrected chi connectivity index (χ2v) is 6.22. The molecule has 4 aromatic rings. The van der Waals surface area contributed by atoms with Crippen LogP contribution in [0.2, 0.25) is 0 Å². The molecule has 0 bridgehead atoms. The molecule has 10 heteroatoms. The number of fused-ring (bicyclic) bond motifs is 1. The lowest BCUT2D eigenvalue weighted by molar-refractivity contribution is -0.117. The minimum atomic E-state index is -0.363. The first-order chi connectivity index (χ1) is 12.1. The Balaban J connectivity index is 1.49. The van der Waals surface area contributed by atoms with E-state index in [2.05, 4.69) is 20.5 Å². The van der Waals surface area contributed by atoms with Gasteiger partial charge in [0, 0.05) is 30.4 Å². The Labute approximate surface area is 145 Å². The number of amides is 1. The van der Waals surface area contributed by atoms with Crippen LogP contribution in [-0.2, 0) is 18.4 Å². The van der Waals surface area contributed by atoms with E-state index in [1.165, 1.54) is 15.7 Å². The normalized spacial score (nSPS) is 11.1. The minimum absolute atomic E-state index is 0.178. The predicted octanol–water partition coefficient (Wildman–Crippen LogP) is 0.992. The van der Waals surface area contributed by atoms with Gasteiger partial charge >= 0.3 is 5.69 Å². The molecule has 1 amide bonds. The molecule has 25 heavy (non-hydrogen) atoms. The quantitative estimate of drug-likeness (QED) is 0.589. The van der Waals surface area contributed by atoms with Gasteiger partial charge in [-0.3, -0.25) is 13.9 Å². The maximum Gasteiger partial charge on any atom is 0.350 e. The molecule has 0 saturated heterocycles. The fourth-order valence-corrected chi connectivity index (χ4v) is 3.12. The Kier molecular flexibility index (Phi) is 3.65. The topological polar surface area (TPSA) is 99.1 Å². The summed E-state index contributed by atoms with van der Waals surface area (Å²) in [5.74, 6) is -0.363. The number of aryl methyl sites for hydroxylation is 1. The Morgan fingerprint density at radius 3 is 3.00 bits per heavy atom. The Morgan fingerprint density at radius 1 is 1.36 bits per heavy atom. The van der Waals surface area contributed by atoms with E-state index in [0.29, 0.717) is 10.8 Å². The van der Waals surface area contributed by atoms with Gasteiger partial charge in [-0.05, 0) is 12.1 Å². The van der Waals surface area contributed by atoms with Crippen molar-refractivity contribution in [1.82, 2.24) is 28.9 Å². The smallest absolute Gasteiger partial charge is 0.300 e. The molecule has 4 heterocycles. The first-order valence-electron chi connectivity index (χ1n) is 7.39. The molecule has 0 aromatic carbocycles. The molecular formula is C15H13N7O2S. The highest BCUT2D eigenvalue weighted by Gasteiger charge is 2.13. The van der Waals surface area contributed by atoms with Gasteiger partial charge in [-0.2, -0.15) is 5.10 Å². The van der Waals surface area contributed by atoms with E-state index >= 15 is 0 Å². The number of thiazole rings is 1. The zero-order valence-electron chi connectivity index (χ0n) is 13.2. The molecule has 0 saturated carbocycles. The van der Waals surface area contributed by atoms with Crippen molar-refractivity contribution in [3.8, 4) is 11.3 Å². The number of anilines is 1. The van der Waals surface area contributed by atoms with Gasteiger partial charge in [0.15, 0.2) is 10.8 Å². The summed E-state index contributed by atoms with van der Waals surface area (Å²) in [5.41, 5.74) is 1.74. The molecule has 0 aliphatic heterocycles. The van der Waals surface area contributed by atoms with Crippen LogP contribution < -0.4 is 11.0 Å². The summed E-state index contributed by atoms with van der Waals surface area (Å²) in [5, 5.41) is 13.2. The van der Waals surface area contributed by atoms with Crippen molar-refractivity contribution in [2.75, 3.05) is 5.32 Å². The van der Waals surface area contributed by atoms with E-state index in [1.54, 1.807) is 35.3 Å². The van der Waals surface area contributed by atoms with Crippen LogP contribution in [0, 0.1) is 0 Å². The zero-order valence-corrected chi connectivity index (χ0v) is 14.0. The average Bonchev–Trinajstić information content (AvgIpc) is 3.29. The molecule has 4 rings (SSSR count). The van der Waals surface area contributed by atoms with Crippen LogP contribution in [0.15, 0.2) is 47.0 Å². The second kappa shape index (κ2) is 5.98. The van der Waals surface area contributed by atoms with Crippen LogP contribution in [0.25, 0.3) is 16.9 Å². The van der Waals surface area contributed by atoms with E-state index < -0.39 is 0 Å². The molecule has 9 nitrogen and oxygen atoms in total. The molecule has 0 unspecified atom stereocenters. The third-order valence-electron chi connectivity index (χ3n) is 3.53. The maximum atomic E-state index is 12.2. The average molecular weight is 355 g/mol. The van der Waals surface area contributed by atoms with Crippen LogP contribution in [0.5, 0.6) is 0 Å². The van der Waals surface area contributed by atoms with Crippen molar-refractivity contribution in [1.29, 1.82) is 0 Å². The van der Waals surface area contributed by atoms with Gasteiger partial charge in [0.1, 0.15) is 6.54 Å². The van der Waals surface area contributed by atoms with Crippen molar-refractivity contribution >= 4 is 28.0 Å². The van der Waals surface area contributed by atoms with Gasteiger partial charge in [0.05, 0.1) is 11.9 Å². The van der Waals surface area contributed by atoms with Gasteiger partial charge in [-0.25, -0.2) is 14.5 Å². The summed E-state index contributed by atoms with van der Waals surface area (Å²) in [6.07, 6.45) is 5.16. The van der Waals surface area contributed by atoms with Crippen molar-refractivity contribution in [3.05, 3.63) is 52.7 Å². The highest BCUT2D eigenvalue weighted by atomic mass is 32.1. The molecule has 0 aliphatic carbocycles. The number of hydrogen-bond acceptors (Lipinski definition) is 6. The minimum Gasteiger partial charge on any atom is -0.300 e. The first kappa shape index (κ1) is 15.3. The van der Waals surface area contributed by atoms with E-state index in [9.17, 15) is 9.59 Å². The third kappa shape index (κ3) is 2.94. The Hall–Kier alpha value is -3.27. The summed E-state index contributed by atoms with van der Waals surface area (Å²) in [6.45, 7) is -0.178. The van der Waals surface area contributed by atoms with Gasteiger partial charge in [0.2, 0.25) is 5.91 Å². The second-order valence-electron chi connectivity index (χ2n) is 5.36. The molecular weight excluding hydrogens is 342 g/mol. The SMILES string of the molecule is Cn1cc(-c2csc(NC(=O)Cn3nc4ccccn4c3=O)n2)cn1. The van der Waals surface area contributed by atoms with Gasteiger partial charge in [-0.1, -0.05) is 6.07 Å². The number of aromatic nitrogens is 6. The number of nitrogens with one attached hydrogen (secondary N) is 1. The number of rotatable bonds is 4. The molecule has 126 valence electrons. The molecule has 0 aliphatic rings. The standard InChI is InChI=1S/C15H13N7O2S/c1-20-7-10(6-16-20)11-9-25-14(17-11)18-13(23)8-22-15(24)21-5-3-2-4-12(21)19-22/h2-7,9H,8H2,1H3,(H,17,18,23). The summed E-state index contributed by atoms with van der Waals surface area (Å²) in [4.78, 5) is 28.7. The predicted molar refractivity (Wildman–Crippen MR) is 92.4 cm³/mol. The number of hydrogen-bond donors (Lipinski definition) is 1. The largest absolute Gasteiger partial charge is 0.350 e. The van der Waals surface area contributed by atoms with E-state index in [1.807, 2.05) is 18.6 Å². The zero-order chi connectivity index (χ0) is 17.4. The van der Waals surface area contributed by atoms with E-state index in [-0.39, 0.29) is 18.1 Å². The molecule has 0 fully saturated rings. The van der Waals surface area contributed by atoms with Crippen LogP contribution in [0.4, 0.5) is 5.13 Å². The van der Waals surface area contributed by atoms with Crippen LogP contribution in [0.1, 0.15) is 0 Å². The lowest BCUT2D eigenvalue weighted by Gasteiger charge is -2.00. The lowest BCUT2D eigenvalue weighted by atomic mass is 10.3. The highest BCUT2D eigenvalue weighted by Crippen LogP contribution is 2.24. The highest BCUT2D eigenvalue weighted by molar-refractivity contribution is 7.14.